The van der Waals surface area contributed by atoms with Crippen LogP contribution in [-0.4, -0.2) is 21.5 Å². The van der Waals surface area contributed by atoms with Crippen LogP contribution in [0, 0.1) is 13.8 Å². The monoisotopic (exact) mass is 350 g/mol. The topological polar surface area (TPSA) is 93.1 Å². The normalized spacial score (nSPS) is 10.5. The Kier molecular flexibility index (Phi) is 4.79. The van der Waals surface area contributed by atoms with Crippen molar-refractivity contribution in [3.05, 3.63) is 70.3 Å². The number of hydrogen-bond acceptors (Lipinski definition) is 4. The molecule has 0 aliphatic carbocycles. The summed E-state index contributed by atoms with van der Waals surface area (Å²) in [5, 5.41) is 5.26. The van der Waals surface area contributed by atoms with Gasteiger partial charge in [0.2, 0.25) is 5.91 Å². The zero-order valence-corrected chi connectivity index (χ0v) is 14.4. The summed E-state index contributed by atoms with van der Waals surface area (Å²) >= 11 is 0. The minimum absolute atomic E-state index is 0.295. The highest BCUT2D eigenvalue weighted by Gasteiger charge is 2.12. The van der Waals surface area contributed by atoms with Crippen LogP contribution in [0.25, 0.3) is 10.9 Å². The average molecular weight is 350 g/mol. The molecule has 132 valence electrons. The van der Waals surface area contributed by atoms with Gasteiger partial charge in [0.25, 0.3) is 5.56 Å². The number of aromatic nitrogens is 2. The summed E-state index contributed by atoms with van der Waals surface area (Å²) in [6.45, 7) is 3.53. The van der Waals surface area contributed by atoms with Crippen molar-refractivity contribution >= 4 is 28.5 Å². The third-order valence-corrected chi connectivity index (χ3v) is 3.93. The molecule has 0 aliphatic rings. The van der Waals surface area contributed by atoms with Gasteiger partial charge in [-0.15, -0.1) is 0 Å². The van der Waals surface area contributed by atoms with Crippen LogP contribution in [0.3, 0.4) is 0 Å². The first-order chi connectivity index (χ1) is 12.4. The van der Waals surface area contributed by atoms with Crippen molar-refractivity contribution in [3.8, 4) is 0 Å². The maximum Gasteiger partial charge on any atom is 0.325 e. The molecule has 0 bridgehead atoms. The number of hydrogen-bond donors (Lipinski definition) is 2. The molecule has 7 heteroatoms. The van der Waals surface area contributed by atoms with Crippen molar-refractivity contribution in [1.82, 2.24) is 14.9 Å². The number of fused-ring (bicyclic) bond motifs is 1. The van der Waals surface area contributed by atoms with Gasteiger partial charge in [-0.1, -0.05) is 29.8 Å². The number of aryl methyl sites for hydroxylation is 2. The van der Waals surface area contributed by atoms with Crippen LogP contribution in [0.5, 0.6) is 0 Å². The lowest BCUT2D eigenvalue weighted by molar-refractivity contribution is -0.120. The molecule has 7 nitrogen and oxygen atoms in total. The molecule has 0 aliphatic heterocycles. The lowest BCUT2D eigenvalue weighted by Crippen LogP contribution is -2.38. The number of carbonyl (C=O) groups excluding carboxylic acids is 2. The molecule has 0 spiro atoms. The van der Waals surface area contributed by atoms with E-state index in [1.54, 1.807) is 30.3 Å². The van der Waals surface area contributed by atoms with Gasteiger partial charge in [0.15, 0.2) is 0 Å². The molecule has 0 atom stereocenters. The van der Waals surface area contributed by atoms with Gasteiger partial charge in [-0.3, -0.25) is 19.5 Å². The van der Waals surface area contributed by atoms with Gasteiger partial charge in [0, 0.05) is 5.69 Å². The number of urea groups is 1. The first-order valence-corrected chi connectivity index (χ1v) is 8.06. The van der Waals surface area contributed by atoms with Gasteiger partial charge in [-0.2, -0.15) is 0 Å². The molecule has 0 radical (unpaired) electrons. The van der Waals surface area contributed by atoms with E-state index in [9.17, 15) is 14.4 Å². The van der Waals surface area contributed by atoms with Crippen molar-refractivity contribution in [1.29, 1.82) is 0 Å². The molecule has 3 amide bonds. The van der Waals surface area contributed by atoms with E-state index in [1.165, 1.54) is 10.9 Å². The first kappa shape index (κ1) is 17.3. The van der Waals surface area contributed by atoms with Crippen molar-refractivity contribution in [3.63, 3.8) is 0 Å². The van der Waals surface area contributed by atoms with E-state index in [4.69, 9.17) is 0 Å². The lowest BCUT2D eigenvalue weighted by atomic mass is 10.1. The SMILES string of the molecule is Cc1ccc(NC(=O)NC(=O)Cn2cnc3ccccc3c2=O)c(C)c1. The van der Waals surface area contributed by atoms with Gasteiger partial charge in [-0.05, 0) is 37.6 Å². The van der Waals surface area contributed by atoms with Gasteiger partial charge >= 0.3 is 6.03 Å². The Morgan fingerprint density at radius 2 is 1.88 bits per heavy atom. The Hall–Kier alpha value is -3.48. The second kappa shape index (κ2) is 7.18. The Labute approximate surface area is 149 Å². The number of nitrogens with zero attached hydrogens (tertiary/aromatic N) is 2. The molecule has 1 aromatic heterocycles. The van der Waals surface area contributed by atoms with Crippen molar-refractivity contribution in [2.45, 2.75) is 20.4 Å². The fraction of sp³-hybridized carbons (Fsp3) is 0.158. The second-order valence-corrected chi connectivity index (χ2v) is 6.02. The van der Waals surface area contributed by atoms with E-state index < -0.39 is 11.9 Å². The number of carbonyl (C=O) groups is 2. The summed E-state index contributed by atoms with van der Waals surface area (Å²) < 4.78 is 1.17. The van der Waals surface area contributed by atoms with E-state index in [1.807, 2.05) is 26.0 Å². The van der Waals surface area contributed by atoms with E-state index in [0.29, 0.717) is 16.6 Å². The number of amides is 3. The summed E-state index contributed by atoms with van der Waals surface area (Å²) in [4.78, 5) is 40.6. The van der Waals surface area contributed by atoms with Crippen LogP contribution in [-0.2, 0) is 11.3 Å². The van der Waals surface area contributed by atoms with Crippen LogP contribution in [0.2, 0.25) is 0 Å². The smallest absolute Gasteiger partial charge is 0.307 e. The van der Waals surface area contributed by atoms with Gasteiger partial charge < -0.3 is 5.32 Å². The minimum atomic E-state index is -0.649. The van der Waals surface area contributed by atoms with Crippen LogP contribution in [0.15, 0.2) is 53.6 Å². The Morgan fingerprint density at radius 3 is 2.65 bits per heavy atom. The van der Waals surface area contributed by atoms with Crippen LogP contribution in [0.4, 0.5) is 10.5 Å². The summed E-state index contributed by atoms with van der Waals surface area (Å²) in [5.41, 5.74) is 2.81. The molecule has 26 heavy (non-hydrogen) atoms. The highest BCUT2D eigenvalue weighted by Crippen LogP contribution is 2.15. The van der Waals surface area contributed by atoms with E-state index in [-0.39, 0.29) is 12.1 Å². The summed E-state index contributed by atoms with van der Waals surface area (Å²) in [6, 6.07) is 11.8. The van der Waals surface area contributed by atoms with Crippen LogP contribution >= 0.6 is 0 Å². The van der Waals surface area contributed by atoms with E-state index in [2.05, 4.69) is 15.6 Å². The quantitative estimate of drug-likeness (QED) is 0.758. The highest BCUT2D eigenvalue weighted by atomic mass is 16.2. The minimum Gasteiger partial charge on any atom is -0.307 e. The van der Waals surface area contributed by atoms with E-state index >= 15 is 0 Å². The number of rotatable bonds is 3. The molecule has 0 saturated carbocycles. The molecule has 2 N–H and O–H groups in total. The van der Waals surface area contributed by atoms with Crippen molar-refractivity contribution in [2.75, 3.05) is 5.32 Å². The maximum atomic E-state index is 12.4. The molecule has 0 fully saturated rings. The third kappa shape index (κ3) is 3.77. The predicted octanol–water partition coefficient (Wildman–Crippen LogP) is 2.36. The lowest BCUT2D eigenvalue weighted by Gasteiger charge is -2.10. The number of imide groups is 1. The number of benzene rings is 2. The molecule has 0 saturated heterocycles. The average Bonchev–Trinajstić information content (AvgIpc) is 2.60. The van der Waals surface area contributed by atoms with Crippen LogP contribution in [0.1, 0.15) is 11.1 Å². The Morgan fingerprint density at radius 1 is 1.12 bits per heavy atom. The van der Waals surface area contributed by atoms with Crippen molar-refractivity contribution in [2.24, 2.45) is 0 Å². The molecule has 1 heterocycles. The highest BCUT2D eigenvalue weighted by molar-refractivity contribution is 6.01. The molecular formula is C19H18N4O3. The zero-order valence-electron chi connectivity index (χ0n) is 14.4. The maximum absolute atomic E-state index is 12.4. The van der Waals surface area contributed by atoms with Crippen LogP contribution < -0.4 is 16.2 Å². The van der Waals surface area contributed by atoms with Crippen molar-refractivity contribution < 1.29 is 9.59 Å². The predicted molar refractivity (Wildman–Crippen MR) is 99.1 cm³/mol. The fourth-order valence-electron chi connectivity index (χ4n) is 2.65. The molecular weight excluding hydrogens is 332 g/mol. The number of nitrogens with one attached hydrogen (secondary N) is 2. The molecule has 2 aromatic carbocycles. The molecule has 0 unspecified atom stereocenters. The molecule has 3 aromatic rings. The van der Waals surface area contributed by atoms with Gasteiger partial charge in [0.1, 0.15) is 6.54 Å². The third-order valence-electron chi connectivity index (χ3n) is 3.93. The summed E-state index contributed by atoms with van der Waals surface area (Å²) in [6.07, 6.45) is 1.30. The fourth-order valence-corrected chi connectivity index (χ4v) is 2.65. The Balaban J connectivity index is 1.68. The largest absolute Gasteiger partial charge is 0.325 e. The Bertz CT molecular complexity index is 1060. The van der Waals surface area contributed by atoms with E-state index in [0.717, 1.165) is 11.1 Å². The number of anilines is 1. The molecule has 3 rings (SSSR count). The van der Waals surface area contributed by atoms with Gasteiger partial charge in [0.05, 0.1) is 17.2 Å². The number of para-hydroxylation sites is 1. The zero-order chi connectivity index (χ0) is 18.7. The van der Waals surface area contributed by atoms with Gasteiger partial charge in [-0.25, -0.2) is 9.78 Å². The second-order valence-electron chi connectivity index (χ2n) is 6.02. The standard InChI is InChI=1S/C19H18N4O3/c1-12-7-8-15(13(2)9-12)21-19(26)22-17(24)10-23-11-20-16-6-4-3-5-14(16)18(23)25/h3-9,11H,10H2,1-2H3,(H2,21,22,24,26). The first-order valence-electron chi connectivity index (χ1n) is 8.06. The summed E-state index contributed by atoms with van der Waals surface area (Å²) in [5.74, 6) is -0.605. The summed E-state index contributed by atoms with van der Waals surface area (Å²) in [7, 11) is 0.